The summed E-state index contributed by atoms with van der Waals surface area (Å²) in [4.78, 5) is 25.7. The van der Waals surface area contributed by atoms with Gasteiger partial charge in [-0.1, -0.05) is 0 Å². The number of carbonyl (C=O) groups excluding carboxylic acids is 2. The van der Waals surface area contributed by atoms with Crippen LogP contribution in [0, 0.1) is 19.8 Å². The lowest BCUT2D eigenvalue weighted by molar-refractivity contribution is -0.139. The molecule has 1 aromatic rings. The van der Waals surface area contributed by atoms with E-state index in [1.165, 1.54) is 5.56 Å². The molecule has 0 aromatic carbocycles. The molecule has 1 saturated heterocycles. The SMILES string of the molecule is Cc1cc(CN2CCC(CNC(=O)C(=O)NC(C)C)CC2)c(C)o1. The fraction of sp³-hybridized carbons (Fsp3) is 0.667. The van der Waals surface area contributed by atoms with E-state index in [2.05, 4.69) is 21.6 Å². The van der Waals surface area contributed by atoms with Crippen LogP contribution in [0.2, 0.25) is 0 Å². The molecule has 2 N–H and O–H groups in total. The van der Waals surface area contributed by atoms with E-state index >= 15 is 0 Å². The molecule has 1 aromatic heterocycles. The van der Waals surface area contributed by atoms with E-state index < -0.39 is 11.8 Å². The van der Waals surface area contributed by atoms with Crippen molar-refractivity contribution in [3.8, 4) is 0 Å². The van der Waals surface area contributed by atoms with E-state index in [0.29, 0.717) is 12.5 Å². The Morgan fingerprint density at radius 3 is 2.46 bits per heavy atom. The van der Waals surface area contributed by atoms with E-state index in [4.69, 9.17) is 4.42 Å². The van der Waals surface area contributed by atoms with Gasteiger partial charge in [-0.15, -0.1) is 0 Å². The molecule has 0 radical (unpaired) electrons. The summed E-state index contributed by atoms with van der Waals surface area (Å²) in [5, 5.41) is 5.35. The van der Waals surface area contributed by atoms with Gasteiger partial charge in [-0.2, -0.15) is 0 Å². The second-order valence-corrected chi connectivity index (χ2v) is 7.00. The Hall–Kier alpha value is -1.82. The number of nitrogens with zero attached hydrogens (tertiary/aromatic N) is 1. The van der Waals surface area contributed by atoms with Crippen LogP contribution < -0.4 is 10.6 Å². The van der Waals surface area contributed by atoms with Crippen LogP contribution in [0.5, 0.6) is 0 Å². The lowest BCUT2D eigenvalue weighted by atomic mass is 9.96. The Labute approximate surface area is 144 Å². The molecule has 2 heterocycles. The first-order chi connectivity index (χ1) is 11.3. The van der Waals surface area contributed by atoms with Gasteiger partial charge < -0.3 is 15.1 Å². The molecule has 0 spiro atoms. The minimum atomic E-state index is -0.548. The van der Waals surface area contributed by atoms with Crippen molar-refractivity contribution in [3.05, 3.63) is 23.2 Å². The monoisotopic (exact) mass is 335 g/mol. The van der Waals surface area contributed by atoms with Gasteiger partial charge in [0.15, 0.2) is 0 Å². The number of aryl methyl sites for hydroxylation is 2. The number of likely N-dealkylation sites (tertiary alicyclic amines) is 1. The van der Waals surface area contributed by atoms with Crippen LogP contribution in [0.1, 0.15) is 43.8 Å². The molecule has 0 saturated carbocycles. The number of hydrogen-bond donors (Lipinski definition) is 2. The quantitative estimate of drug-likeness (QED) is 0.804. The minimum Gasteiger partial charge on any atom is -0.466 e. The van der Waals surface area contributed by atoms with Gasteiger partial charge in [0.25, 0.3) is 0 Å². The van der Waals surface area contributed by atoms with Crippen molar-refractivity contribution in [2.24, 2.45) is 5.92 Å². The van der Waals surface area contributed by atoms with Crippen molar-refractivity contribution in [3.63, 3.8) is 0 Å². The van der Waals surface area contributed by atoms with Gasteiger partial charge in [-0.25, -0.2) is 0 Å². The number of hydrogen-bond acceptors (Lipinski definition) is 4. The van der Waals surface area contributed by atoms with Gasteiger partial charge >= 0.3 is 11.8 Å². The predicted molar refractivity (Wildman–Crippen MR) is 92.5 cm³/mol. The largest absolute Gasteiger partial charge is 0.466 e. The van der Waals surface area contributed by atoms with E-state index in [9.17, 15) is 9.59 Å². The number of nitrogens with one attached hydrogen (secondary N) is 2. The molecular weight excluding hydrogens is 306 g/mol. The summed E-state index contributed by atoms with van der Waals surface area (Å²) in [6.07, 6.45) is 2.06. The molecule has 24 heavy (non-hydrogen) atoms. The summed E-state index contributed by atoms with van der Waals surface area (Å²) >= 11 is 0. The van der Waals surface area contributed by atoms with Crippen LogP contribution in [0.3, 0.4) is 0 Å². The summed E-state index contributed by atoms with van der Waals surface area (Å²) in [5.41, 5.74) is 1.25. The summed E-state index contributed by atoms with van der Waals surface area (Å²) in [5.74, 6) is 1.31. The Bertz CT molecular complexity index is 572. The van der Waals surface area contributed by atoms with Crippen molar-refractivity contribution in [1.29, 1.82) is 0 Å². The highest BCUT2D eigenvalue weighted by Gasteiger charge is 2.22. The van der Waals surface area contributed by atoms with Crippen molar-refractivity contribution < 1.29 is 14.0 Å². The van der Waals surface area contributed by atoms with Gasteiger partial charge in [-0.05, 0) is 65.6 Å². The summed E-state index contributed by atoms with van der Waals surface area (Å²) in [6, 6.07) is 2.08. The first kappa shape index (κ1) is 18.5. The highest BCUT2D eigenvalue weighted by Crippen LogP contribution is 2.21. The van der Waals surface area contributed by atoms with Gasteiger partial charge in [-0.3, -0.25) is 14.5 Å². The van der Waals surface area contributed by atoms with Gasteiger partial charge in [0.05, 0.1) is 0 Å². The van der Waals surface area contributed by atoms with Crippen LogP contribution in [0.4, 0.5) is 0 Å². The Morgan fingerprint density at radius 2 is 1.92 bits per heavy atom. The first-order valence-corrected chi connectivity index (χ1v) is 8.72. The molecule has 6 heteroatoms. The Kier molecular flexibility index (Phi) is 6.43. The Morgan fingerprint density at radius 1 is 1.25 bits per heavy atom. The summed E-state index contributed by atoms with van der Waals surface area (Å²) in [6.45, 7) is 11.1. The molecule has 2 rings (SSSR count). The molecule has 0 aliphatic carbocycles. The Balaban J connectivity index is 1.70. The summed E-state index contributed by atoms with van der Waals surface area (Å²) in [7, 11) is 0. The number of amides is 2. The van der Waals surface area contributed by atoms with Crippen LogP contribution in [0.15, 0.2) is 10.5 Å². The fourth-order valence-electron chi connectivity index (χ4n) is 3.08. The van der Waals surface area contributed by atoms with Crippen molar-refractivity contribution in [2.45, 2.75) is 53.1 Å². The van der Waals surface area contributed by atoms with Gasteiger partial charge in [0.1, 0.15) is 11.5 Å². The number of piperidine rings is 1. The molecule has 1 fully saturated rings. The summed E-state index contributed by atoms with van der Waals surface area (Å²) < 4.78 is 5.58. The van der Waals surface area contributed by atoms with Crippen LogP contribution in [-0.4, -0.2) is 42.4 Å². The lowest BCUT2D eigenvalue weighted by Crippen LogP contribution is -2.45. The third kappa shape index (κ3) is 5.37. The maximum atomic E-state index is 11.7. The maximum Gasteiger partial charge on any atom is 0.309 e. The predicted octanol–water partition coefficient (Wildman–Crippen LogP) is 1.75. The molecule has 0 bridgehead atoms. The van der Waals surface area contributed by atoms with E-state index in [1.54, 1.807) is 0 Å². The van der Waals surface area contributed by atoms with E-state index in [1.807, 2.05) is 27.7 Å². The zero-order chi connectivity index (χ0) is 17.7. The number of rotatable bonds is 5. The second-order valence-electron chi connectivity index (χ2n) is 7.00. The normalized spacial score (nSPS) is 16.4. The minimum absolute atomic E-state index is 0.0264. The first-order valence-electron chi connectivity index (χ1n) is 8.72. The van der Waals surface area contributed by atoms with Crippen LogP contribution in [0.25, 0.3) is 0 Å². The highest BCUT2D eigenvalue weighted by atomic mass is 16.3. The molecule has 2 amide bonds. The fourth-order valence-corrected chi connectivity index (χ4v) is 3.08. The van der Waals surface area contributed by atoms with Crippen LogP contribution in [-0.2, 0) is 16.1 Å². The van der Waals surface area contributed by atoms with Crippen molar-refractivity contribution >= 4 is 11.8 Å². The second kappa shape index (κ2) is 8.33. The van der Waals surface area contributed by atoms with Crippen molar-refractivity contribution in [1.82, 2.24) is 15.5 Å². The highest BCUT2D eigenvalue weighted by molar-refractivity contribution is 6.35. The zero-order valence-electron chi connectivity index (χ0n) is 15.1. The molecule has 6 nitrogen and oxygen atoms in total. The maximum absolute atomic E-state index is 11.7. The van der Waals surface area contributed by atoms with E-state index in [0.717, 1.165) is 44.0 Å². The van der Waals surface area contributed by atoms with Crippen molar-refractivity contribution in [2.75, 3.05) is 19.6 Å². The molecule has 0 atom stereocenters. The van der Waals surface area contributed by atoms with Gasteiger partial charge in [0, 0.05) is 24.7 Å². The smallest absolute Gasteiger partial charge is 0.309 e. The third-order valence-corrected chi connectivity index (χ3v) is 4.42. The zero-order valence-corrected chi connectivity index (χ0v) is 15.1. The molecule has 1 aliphatic rings. The van der Waals surface area contributed by atoms with Crippen LogP contribution >= 0.6 is 0 Å². The molecule has 1 aliphatic heterocycles. The lowest BCUT2D eigenvalue weighted by Gasteiger charge is -2.31. The average Bonchev–Trinajstić information content (AvgIpc) is 2.83. The third-order valence-electron chi connectivity index (χ3n) is 4.42. The topological polar surface area (TPSA) is 74.6 Å². The molecule has 0 unspecified atom stereocenters. The standard InChI is InChI=1S/C18H29N3O3/c1-12(2)20-18(23)17(22)19-10-15-5-7-21(8-6-15)11-16-9-13(3)24-14(16)4/h9,12,15H,5-8,10-11H2,1-4H3,(H,19,22)(H,20,23). The molecular formula is C18H29N3O3. The number of carbonyl (C=O) groups is 2. The average molecular weight is 335 g/mol. The number of furan rings is 1. The van der Waals surface area contributed by atoms with E-state index in [-0.39, 0.29) is 6.04 Å². The van der Waals surface area contributed by atoms with Gasteiger partial charge in [0.2, 0.25) is 0 Å². The molecule has 134 valence electrons.